The molecule has 1 aliphatic heterocycles. The molecule has 4 nitrogen and oxygen atoms in total. The Hall–Kier alpha value is -1.42. The predicted octanol–water partition coefficient (Wildman–Crippen LogP) is 2.29. The maximum absolute atomic E-state index is 5.44. The number of hydrogen-bond donors (Lipinski definition) is 1. The van der Waals surface area contributed by atoms with Crippen LogP contribution in [-0.2, 0) is 4.74 Å². The molecule has 1 atom stereocenters. The largest absolute Gasteiger partial charge is 0.493 e. The first-order valence-corrected chi connectivity index (χ1v) is 5.90. The number of rotatable bonds is 4. The first-order chi connectivity index (χ1) is 8.33. The number of ether oxygens (including phenoxy) is 3. The highest BCUT2D eigenvalue weighted by Crippen LogP contribution is 2.30. The van der Waals surface area contributed by atoms with E-state index in [-0.39, 0.29) is 0 Å². The summed E-state index contributed by atoms with van der Waals surface area (Å²) in [6, 6.07) is 6.25. The molecule has 1 N–H and O–H groups in total. The summed E-state index contributed by atoms with van der Waals surface area (Å²) in [4.78, 5) is 0. The highest BCUT2D eigenvalue weighted by Gasteiger charge is 2.14. The fraction of sp³-hybridized carbons (Fsp3) is 0.538. The van der Waals surface area contributed by atoms with Crippen molar-refractivity contribution in [3.63, 3.8) is 0 Å². The topological polar surface area (TPSA) is 39.7 Å². The molecule has 0 amide bonds. The summed E-state index contributed by atoms with van der Waals surface area (Å²) in [6.45, 7) is 1.65. The maximum Gasteiger partial charge on any atom is 0.162 e. The van der Waals surface area contributed by atoms with Crippen LogP contribution >= 0.6 is 0 Å². The normalized spacial score (nSPS) is 19.8. The van der Waals surface area contributed by atoms with E-state index in [9.17, 15) is 0 Å². The summed E-state index contributed by atoms with van der Waals surface area (Å²) in [5.41, 5.74) is 1.04. The van der Waals surface area contributed by atoms with Crippen LogP contribution in [0.15, 0.2) is 18.2 Å². The van der Waals surface area contributed by atoms with E-state index in [4.69, 9.17) is 14.2 Å². The molecule has 1 fully saturated rings. The Morgan fingerprint density at radius 3 is 2.71 bits per heavy atom. The lowest BCUT2D eigenvalue weighted by molar-refractivity contribution is 0.0876. The number of hydrogen-bond acceptors (Lipinski definition) is 4. The van der Waals surface area contributed by atoms with Crippen LogP contribution in [-0.4, -0.2) is 33.5 Å². The first-order valence-electron chi connectivity index (χ1n) is 5.90. The Bertz CT molecular complexity index is 362. The van der Waals surface area contributed by atoms with Crippen LogP contribution in [0.3, 0.4) is 0 Å². The van der Waals surface area contributed by atoms with Gasteiger partial charge < -0.3 is 19.5 Å². The summed E-state index contributed by atoms with van der Waals surface area (Å²) in [7, 11) is 3.28. The average molecular weight is 237 g/mol. The summed E-state index contributed by atoms with van der Waals surface area (Å²) in [5.74, 6) is 1.49. The Balaban J connectivity index is 2.05. The second-order valence-corrected chi connectivity index (χ2v) is 4.13. The molecule has 1 aromatic rings. The Kier molecular flexibility index (Phi) is 4.09. The SMILES string of the molecule is COc1ccc(NC2CCCOC2)cc1OC. The van der Waals surface area contributed by atoms with Crippen molar-refractivity contribution in [2.24, 2.45) is 0 Å². The maximum atomic E-state index is 5.44. The molecule has 2 rings (SSSR count). The minimum atomic E-state index is 0.391. The van der Waals surface area contributed by atoms with Gasteiger partial charge in [-0.25, -0.2) is 0 Å². The minimum Gasteiger partial charge on any atom is -0.493 e. The van der Waals surface area contributed by atoms with Gasteiger partial charge in [0.05, 0.1) is 20.8 Å². The quantitative estimate of drug-likeness (QED) is 0.872. The molecule has 0 bridgehead atoms. The van der Waals surface area contributed by atoms with Crippen molar-refractivity contribution in [1.82, 2.24) is 0 Å². The van der Waals surface area contributed by atoms with Crippen LogP contribution in [0, 0.1) is 0 Å². The van der Waals surface area contributed by atoms with Crippen molar-refractivity contribution in [2.75, 3.05) is 32.8 Å². The lowest BCUT2D eigenvalue weighted by atomic mass is 10.1. The van der Waals surface area contributed by atoms with Crippen molar-refractivity contribution < 1.29 is 14.2 Å². The van der Waals surface area contributed by atoms with E-state index in [0.29, 0.717) is 6.04 Å². The van der Waals surface area contributed by atoms with Crippen molar-refractivity contribution in [2.45, 2.75) is 18.9 Å². The van der Waals surface area contributed by atoms with Crippen molar-refractivity contribution >= 4 is 5.69 Å². The monoisotopic (exact) mass is 237 g/mol. The third-order valence-corrected chi connectivity index (χ3v) is 2.91. The average Bonchev–Trinajstić information content (AvgIpc) is 2.40. The van der Waals surface area contributed by atoms with E-state index < -0.39 is 0 Å². The molecule has 1 aromatic carbocycles. The molecule has 94 valence electrons. The van der Waals surface area contributed by atoms with Crippen molar-refractivity contribution in [1.29, 1.82) is 0 Å². The molecule has 17 heavy (non-hydrogen) atoms. The molecule has 0 radical (unpaired) electrons. The van der Waals surface area contributed by atoms with Crippen LogP contribution < -0.4 is 14.8 Å². The fourth-order valence-electron chi connectivity index (χ4n) is 2.02. The van der Waals surface area contributed by atoms with E-state index in [1.165, 1.54) is 0 Å². The van der Waals surface area contributed by atoms with Gasteiger partial charge in [0.1, 0.15) is 0 Å². The van der Waals surface area contributed by atoms with E-state index in [1.54, 1.807) is 14.2 Å². The Morgan fingerprint density at radius 2 is 2.06 bits per heavy atom. The number of nitrogens with one attached hydrogen (secondary N) is 1. The van der Waals surface area contributed by atoms with Gasteiger partial charge in [-0.05, 0) is 25.0 Å². The zero-order valence-corrected chi connectivity index (χ0v) is 10.4. The van der Waals surface area contributed by atoms with Gasteiger partial charge in [0.25, 0.3) is 0 Å². The van der Waals surface area contributed by atoms with Gasteiger partial charge in [0, 0.05) is 24.4 Å². The summed E-state index contributed by atoms with van der Waals surface area (Å²) >= 11 is 0. The van der Waals surface area contributed by atoms with Crippen LogP contribution in [0.4, 0.5) is 5.69 Å². The second kappa shape index (κ2) is 5.77. The summed E-state index contributed by atoms with van der Waals surface area (Å²) in [6.07, 6.45) is 2.26. The van der Waals surface area contributed by atoms with Gasteiger partial charge in [0.15, 0.2) is 11.5 Å². The zero-order chi connectivity index (χ0) is 12.1. The molecule has 1 heterocycles. The van der Waals surface area contributed by atoms with Crippen LogP contribution in [0.2, 0.25) is 0 Å². The molecule has 1 aliphatic rings. The molecule has 1 saturated heterocycles. The van der Waals surface area contributed by atoms with Gasteiger partial charge in [-0.2, -0.15) is 0 Å². The number of anilines is 1. The van der Waals surface area contributed by atoms with Crippen LogP contribution in [0.1, 0.15) is 12.8 Å². The number of methoxy groups -OCH3 is 2. The van der Waals surface area contributed by atoms with Gasteiger partial charge in [-0.15, -0.1) is 0 Å². The van der Waals surface area contributed by atoms with Crippen molar-refractivity contribution in [3.05, 3.63) is 18.2 Å². The van der Waals surface area contributed by atoms with Crippen molar-refractivity contribution in [3.8, 4) is 11.5 Å². The fourth-order valence-corrected chi connectivity index (χ4v) is 2.02. The molecule has 0 aromatic heterocycles. The highest BCUT2D eigenvalue weighted by atomic mass is 16.5. The summed E-state index contributed by atoms with van der Waals surface area (Å²) < 4.78 is 15.9. The van der Waals surface area contributed by atoms with E-state index in [0.717, 1.165) is 43.2 Å². The Morgan fingerprint density at radius 1 is 1.24 bits per heavy atom. The third-order valence-electron chi connectivity index (χ3n) is 2.91. The minimum absolute atomic E-state index is 0.391. The molecule has 1 unspecified atom stereocenters. The molecular formula is C13H19NO3. The molecule has 4 heteroatoms. The lowest BCUT2D eigenvalue weighted by Crippen LogP contribution is -2.29. The Labute approximate surface area is 102 Å². The molecular weight excluding hydrogens is 218 g/mol. The third kappa shape index (κ3) is 3.03. The van der Waals surface area contributed by atoms with Gasteiger partial charge in [-0.3, -0.25) is 0 Å². The van der Waals surface area contributed by atoms with Gasteiger partial charge >= 0.3 is 0 Å². The van der Waals surface area contributed by atoms with E-state index in [1.807, 2.05) is 18.2 Å². The second-order valence-electron chi connectivity index (χ2n) is 4.13. The van der Waals surface area contributed by atoms with Crippen LogP contribution in [0.5, 0.6) is 11.5 Å². The standard InChI is InChI=1S/C13H19NO3/c1-15-12-6-5-10(8-13(12)16-2)14-11-4-3-7-17-9-11/h5-6,8,11,14H,3-4,7,9H2,1-2H3. The summed E-state index contributed by atoms with van der Waals surface area (Å²) in [5, 5.41) is 3.45. The number of benzene rings is 1. The van der Waals surface area contributed by atoms with E-state index >= 15 is 0 Å². The molecule has 0 aliphatic carbocycles. The smallest absolute Gasteiger partial charge is 0.162 e. The van der Waals surface area contributed by atoms with Gasteiger partial charge in [0.2, 0.25) is 0 Å². The molecule has 0 saturated carbocycles. The molecule has 0 spiro atoms. The first kappa shape index (κ1) is 12.0. The van der Waals surface area contributed by atoms with E-state index in [2.05, 4.69) is 5.32 Å². The zero-order valence-electron chi connectivity index (χ0n) is 10.4. The predicted molar refractivity (Wildman–Crippen MR) is 67.0 cm³/mol. The lowest BCUT2D eigenvalue weighted by Gasteiger charge is -2.24. The van der Waals surface area contributed by atoms with Gasteiger partial charge in [-0.1, -0.05) is 0 Å². The highest BCUT2D eigenvalue weighted by molar-refractivity contribution is 5.55. The van der Waals surface area contributed by atoms with Crippen LogP contribution in [0.25, 0.3) is 0 Å².